The third-order valence-corrected chi connectivity index (χ3v) is 4.09. The summed E-state index contributed by atoms with van der Waals surface area (Å²) in [5, 5.41) is 17.4. The number of aromatic carboxylic acids is 1. The van der Waals surface area contributed by atoms with Crippen molar-refractivity contribution >= 4 is 11.9 Å². The summed E-state index contributed by atoms with van der Waals surface area (Å²) in [7, 11) is 3.49. The van der Waals surface area contributed by atoms with E-state index < -0.39 is 5.97 Å². The second-order valence-corrected chi connectivity index (χ2v) is 5.96. The summed E-state index contributed by atoms with van der Waals surface area (Å²) in [4.78, 5) is 27.7. The molecule has 0 radical (unpaired) electrons. The standard InChI is InChI=1S/C15H20N6O3/c1-18-8-11(7-16-18)9-20-3-5-21(6-4-20)14(22)13-12(15(23)24)10-19(2)17-13/h7-8,10H,3-6,9H2,1-2H3,(H,23,24). The number of nitrogens with zero attached hydrogens (tertiary/aromatic N) is 6. The van der Waals surface area contributed by atoms with Gasteiger partial charge in [-0.15, -0.1) is 0 Å². The Morgan fingerprint density at radius 2 is 1.83 bits per heavy atom. The lowest BCUT2D eigenvalue weighted by Gasteiger charge is -2.34. The SMILES string of the molecule is Cn1cc(CN2CCN(C(=O)c3nn(C)cc3C(=O)O)CC2)cn1. The number of hydrogen-bond acceptors (Lipinski definition) is 5. The summed E-state index contributed by atoms with van der Waals surface area (Å²) >= 11 is 0. The van der Waals surface area contributed by atoms with Crippen molar-refractivity contribution in [2.45, 2.75) is 6.54 Å². The fourth-order valence-electron chi connectivity index (χ4n) is 2.87. The molecule has 0 bridgehead atoms. The molecular weight excluding hydrogens is 312 g/mol. The van der Waals surface area contributed by atoms with Crippen molar-refractivity contribution in [2.75, 3.05) is 26.2 Å². The molecule has 0 saturated carbocycles. The van der Waals surface area contributed by atoms with Gasteiger partial charge in [0, 0.05) is 64.8 Å². The zero-order valence-electron chi connectivity index (χ0n) is 13.7. The molecule has 0 spiro atoms. The number of piperazine rings is 1. The quantitative estimate of drug-likeness (QED) is 0.834. The first-order valence-corrected chi connectivity index (χ1v) is 7.70. The highest BCUT2D eigenvalue weighted by Crippen LogP contribution is 2.13. The van der Waals surface area contributed by atoms with Crippen molar-refractivity contribution in [3.05, 3.63) is 35.4 Å². The molecule has 9 nitrogen and oxygen atoms in total. The van der Waals surface area contributed by atoms with Crippen molar-refractivity contribution in [1.29, 1.82) is 0 Å². The highest BCUT2D eigenvalue weighted by molar-refractivity contribution is 6.03. The number of hydrogen-bond donors (Lipinski definition) is 1. The van der Waals surface area contributed by atoms with Crippen LogP contribution in [0.4, 0.5) is 0 Å². The molecular formula is C15H20N6O3. The largest absolute Gasteiger partial charge is 0.478 e. The van der Waals surface area contributed by atoms with E-state index in [-0.39, 0.29) is 17.2 Å². The van der Waals surface area contributed by atoms with Crippen LogP contribution in [0.3, 0.4) is 0 Å². The second-order valence-electron chi connectivity index (χ2n) is 5.96. The summed E-state index contributed by atoms with van der Waals surface area (Å²) in [5.74, 6) is -1.46. The maximum absolute atomic E-state index is 12.6. The number of carboxylic acid groups (broad SMARTS) is 1. The Bertz CT molecular complexity index is 757. The average molecular weight is 332 g/mol. The van der Waals surface area contributed by atoms with Crippen LogP contribution in [0.2, 0.25) is 0 Å². The third-order valence-electron chi connectivity index (χ3n) is 4.09. The first kappa shape index (κ1) is 16.2. The van der Waals surface area contributed by atoms with Crippen LogP contribution in [0, 0.1) is 0 Å². The summed E-state index contributed by atoms with van der Waals surface area (Å²) < 4.78 is 3.12. The molecule has 0 unspecified atom stereocenters. The van der Waals surface area contributed by atoms with E-state index >= 15 is 0 Å². The smallest absolute Gasteiger partial charge is 0.339 e. The Kier molecular flexibility index (Phi) is 4.34. The van der Waals surface area contributed by atoms with Gasteiger partial charge < -0.3 is 10.0 Å². The molecule has 0 atom stereocenters. The molecule has 1 fully saturated rings. The topological polar surface area (TPSA) is 96.5 Å². The normalized spacial score (nSPS) is 15.7. The first-order valence-electron chi connectivity index (χ1n) is 7.70. The Labute approximate surface area is 139 Å². The molecule has 0 aromatic carbocycles. The van der Waals surface area contributed by atoms with Crippen LogP contribution >= 0.6 is 0 Å². The van der Waals surface area contributed by atoms with E-state index in [1.54, 1.807) is 16.6 Å². The van der Waals surface area contributed by atoms with Gasteiger partial charge in [0.1, 0.15) is 5.56 Å². The van der Waals surface area contributed by atoms with Gasteiger partial charge in [0.15, 0.2) is 5.69 Å². The number of carbonyl (C=O) groups is 2. The van der Waals surface area contributed by atoms with Gasteiger partial charge in [-0.1, -0.05) is 0 Å². The molecule has 24 heavy (non-hydrogen) atoms. The monoisotopic (exact) mass is 332 g/mol. The van der Waals surface area contributed by atoms with Crippen LogP contribution in [-0.2, 0) is 20.6 Å². The van der Waals surface area contributed by atoms with Gasteiger partial charge in [-0.2, -0.15) is 10.2 Å². The molecule has 1 saturated heterocycles. The Balaban J connectivity index is 1.62. The minimum Gasteiger partial charge on any atom is -0.478 e. The lowest BCUT2D eigenvalue weighted by atomic mass is 10.2. The number of amides is 1. The van der Waals surface area contributed by atoms with Crippen LogP contribution < -0.4 is 0 Å². The fourth-order valence-corrected chi connectivity index (χ4v) is 2.87. The predicted molar refractivity (Wildman–Crippen MR) is 84.6 cm³/mol. The van der Waals surface area contributed by atoms with Crippen molar-refractivity contribution in [3.8, 4) is 0 Å². The van der Waals surface area contributed by atoms with Gasteiger partial charge in [-0.3, -0.25) is 19.1 Å². The molecule has 9 heteroatoms. The number of aromatic nitrogens is 4. The molecule has 3 heterocycles. The first-order chi connectivity index (χ1) is 11.4. The van der Waals surface area contributed by atoms with Gasteiger partial charge in [0.25, 0.3) is 5.91 Å². The number of rotatable bonds is 4. The van der Waals surface area contributed by atoms with E-state index in [2.05, 4.69) is 15.1 Å². The van der Waals surface area contributed by atoms with Crippen LogP contribution in [0.15, 0.2) is 18.6 Å². The van der Waals surface area contributed by atoms with Crippen LogP contribution in [0.1, 0.15) is 26.4 Å². The average Bonchev–Trinajstić information content (AvgIpc) is 3.13. The summed E-state index contributed by atoms with van der Waals surface area (Å²) in [6.07, 6.45) is 5.17. The van der Waals surface area contributed by atoms with E-state index in [1.165, 1.54) is 10.9 Å². The molecule has 0 aliphatic carbocycles. The van der Waals surface area contributed by atoms with Gasteiger partial charge in [-0.05, 0) is 0 Å². The lowest BCUT2D eigenvalue weighted by Crippen LogP contribution is -2.48. The zero-order chi connectivity index (χ0) is 17.3. The van der Waals surface area contributed by atoms with Crippen molar-refractivity contribution in [1.82, 2.24) is 29.4 Å². The van der Waals surface area contributed by atoms with Gasteiger partial charge in [0.05, 0.1) is 6.20 Å². The summed E-state index contributed by atoms with van der Waals surface area (Å²) in [6, 6.07) is 0. The van der Waals surface area contributed by atoms with Gasteiger partial charge in [0.2, 0.25) is 0 Å². The van der Waals surface area contributed by atoms with E-state index in [0.29, 0.717) is 13.1 Å². The van der Waals surface area contributed by atoms with E-state index in [4.69, 9.17) is 0 Å². The predicted octanol–water partition coefficient (Wildman–Crippen LogP) is -0.190. The third kappa shape index (κ3) is 3.30. The zero-order valence-corrected chi connectivity index (χ0v) is 13.7. The van der Waals surface area contributed by atoms with Gasteiger partial charge in [-0.25, -0.2) is 4.79 Å². The lowest BCUT2D eigenvalue weighted by molar-refractivity contribution is 0.0604. The number of carboxylic acids is 1. The van der Waals surface area contributed by atoms with Crippen LogP contribution in [0.25, 0.3) is 0 Å². The van der Waals surface area contributed by atoms with Crippen molar-refractivity contribution in [3.63, 3.8) is 0 Å². The van der Waals surface area contributed by atoms with Crippen molar-refractivity contribution < 1.29 is 14.7 Å². The number of carbonyl (C=O) groups excluding carboxylic acids is 1. The summed E-state index contributed by atoms with van der Waals surface area (Å²) in [6.45, 7) is 3.36. The number of aryl methyl sites for hydroxylation is 2. The fraction of sp³-hybridized carbons (Fsp3) is 0.467. The van der Waals surface area contributed by atoms with Gasteiger partial charge >= 0.3 is 5.97 Å². The maximum Gasteiger partial charge on any atom is 0.339 e. The molecule has 1 amide bonds. The van der Waals surface area contributed by atoms with E-state index in [0.717, 1.165) is 25.2 Å². The molecule has 1 aliphatic heterocycles. The molecule has 3 rings (SSSR count). The molecule has 2 aromatic heterocycles. The van der Waals surface area contributed by atoms with E-state index in [1.807, 2.05) is 19.4 Å². The van der Waals surface area contributed by atoms with Crippen molar-refractivity contribution in [2.24, 2.45) is 14.1 Å². The minimum atomic E-state index is -1.14. The Morgan fingerprint density at radius 1 is 1.12 bits per heavy atom. The van der Waals surface area contributed by atoms with Crippen LogP contribution in [0.5, 0.6) is 0 Å². The maximum atomic E-state index is 12.6. The molecule has 1 N–H and O–H groups in total. The Hall–Kier alpha value is -2.68. The summed E-state index contributed by atoms with van der Waals surface area (Å²) in [5.41, 5.74) is 1.08. The molecule has 128 valence electrons. The highest BCUT2D eigenvalue weighted by atomic mass is 16.4. The molecule has 2 aromatic rings. The van der Waals surface area contributed by atoms with Crippen LogP contribution in [-0.4, -0.2) is 72.5 Å². The highest BCUT2D eigenvalue weighted by Gasteiger charge is 2.28. The Morgan fingerprint density at radius 3 is 2.42 bits per heavy atom. The van der Waals surface area contributed by atoms with E-state index in [9.17, 15) is 14.7 Å². The molecule has 1 aliphatic rings. The second kappa shape index (κ2) is 6.44. The minimum absolute atomic E-state index is 0.00529.